The standard InChI is InChI=1S/C32H44F2N6O2/c1-23-24-8-7-9-26(20-24)32(33,34)25-10-16-38(17-11-25)14-5-3-2-4-6-15-39-30-28(29(37-23)35-22-36-30)21-40(31(39)41)27-12-18-42-19-13-27/h7-9,20,22-23,25,27H,2-6,10-19,21H2,1H3,(H,35,36,37)/t23-/m1/s1/i1D3. The first kappa shape index (κ1) is 25.6. The summed E-state index contributed by atoms with van der Waals surface area (Å²) in [6.07, 6.45) is 8.43. The number of hydrogen-bond donors (Lipinski definition) is 1. The highest BCUT2D eigenvalue weighted by Crippen LogP contribution is 2.42. The maximum atomic E-state index is 16.0. The molecule has 1 aromatic carbocycles. The second kappa shape index (κ2) is 12.8. The van der Waals surface area contributed by atoms with Gasteiger partial charge in [0.15, 0.2) is 0 Å². The minimum atomic E-state index is -3.08. The molecular formula is C32H44F2N6O2. The predicted octanol–water partition coefficient (Wildman–Crippen LogP) is 6.34. The monoisotopic (exact) mass is 585 g/mol. The average Bonchev–Trinajstić information content (AvgIpc) is 3.03. The van der Waals surface area contributed by atoms with Crippen LogP contribution in [0.5, 0.6) is 0 Å². The molecule has 42 heavy (non-hydrogen) atoms. The zero-order valence-electron chi connectivity index (χ0n) is 27.2. The van der Waals surface area contributed by atoms with Crippen LogP contribution in [0.1, 0.15) is 91.5 Å². The van der Waals surface area contributed by atoms with Crippen molar-refractivity contribution in [3.8, 4) is 0 Å². The van der Waals surface area contributed by atoms with E-state index in [1.165, 1.54) is 24.5 Å². The minimum Gasteiger partial charge on any atom is -0.381 e. The molecule has 8 nitrogen and oxygen atoms in total. The molecular weight excluding hydrogens is 538 g/mol. The number of ether oxygens (including phenoxy) is 1. The lowest BCUT2D eigenvalue weighted by Crippen LogP contribution is -2.53. The number of benzene rings is 1. The van der Waals surface area contributed by atoms with Crippen LogP contribution in [0, 0.1) is 5.92 Å². The molecule has 6 heterocycles. The van der Waals surface area contributed by atoms with Crippen LogP contribution in [0.25, 0.3) is 0 Å². The highest BCUT2D eigenvalue weighted by Gasteiger charge is 2.43. The summed E-state index contributed by atoms with van der Waals surface area (Å²) >= 11 is 0. The first-order valence-electron chi connectivity index (χ1n) is 17.1. The number of amides is 2. The highest BCUT2D eigenvalue weighted by molar-refractivity contribution is 5.94. The van der Waals surface area contributed by atoms with Crippen LogP contribution in [0.15, 0.2) is 30.6 Å². The lowest BCUT2D eigenvalue weighted by molar-refractivity contribution is -0.0855. The zero-order valence-corrected chi connectivity index (χ0v) is 24.2. The number of rotatable bonds is 1. The molecule has 0 spiro atoms. The number of piperidine rings is 1. The molecule has 2 amide bonds. The average molecular weight is 586 g/mol. The van der Waals surface area contributed by atoms with Gasteiger partial charge in [-0.2, -0.15) is 0 Å². The minimum absolute atomic E-state index is 0.0212. The quantitative estimate of drug-likeness (QED) is 0.421. The fourth-order valence-corrected chi connectivity index (χ4v) is 6.91. The van der Waals surface area contributed by atoms with Gasteiger partial charge < -0.3 is 19.9 Å². The molecule has 1 N–H and O–H groups in total. The number of nitrogens with one attached hydrogen (secondary N) is 1. The van der Waals surface area contributed by atoms with E-state index in [2.05, 4.69) is 20.2 Å². The molecule has 8 bridgehead atoms. The SMILES string of the molecule is [2H]C([2H])([2H])[C@H]1Nc2ncnc3c2CN(C2CCOCC2)C(=O)N3CCCCCCCN2CCC(CC2)C(F)(F)c2cccc1c2. The Bertz CT molecular complexity index is 1330. The summed E-state index contributed by atoms with van der Waals surface area (Å²) in [6, 6.07) is 4.42. The summed E-state index contributed by atoms with van der Waals surface area (Å²) in [5, 5.41) is 3.12. The van der Waals surface area contributed by atoms with E-state index in [1.807, 2.05) is 4.90 Å². The van der Waals surface area contributed by atoms with E-state index in [-0.39, 0.29) is 29.7 Å². The van der Waals surface area contributed by atoms with Crippen LogP contribution in [0.2, 0.25) is 0 Å². The topological polar surface area (TPSA) is 73.8 Å². The lowest BCUT2D eigenvalue weighted by Gasteiger charge is -2.42. The number of carbonyl (C=O) groups excluding carboxylic acids is 1. The summed E-state index contributed by atoms with van der Waals surface area (Å²) in [5.74, 6) is -3.11. The number of carbonyl (C=O) groups is 1. The molecule has 0 saturated carbocycles. The largest absolute Gasteiger partial charge is 0.381 e. The zero-order chi connectivity index (χ0) is 31.6. The lowest BCUT2D eigenvalue weighted by atomic mass is 9.85. The number of halogens is 2. The van der Waals surface area contributed by atoms with Gasteiger partial charge in [0, 0.05) is 47.4 Å². The second-order valence-electron chi connectivity index (χ2n) is 12.1. The van der Waals surface area contributed by atoms with E-state index in [9.17, 15) is 4.79 Å². The van der Waals surface area contributed by atoms with E-state index < -0.39 is 24.7 Å². The van der Waals surface area contributed by atoms with Crippen LogP contribution in [0.3, 0.4) is 0 Å². The maximum Gasteiger partial charge on any atom is 0.326 e. The predicted molar refractivity (Wildman–Crippen MR) is 159 cm³/mol. The molecule has 228 valence electrons. The van der Waals surface area contributed by atoms with E-state index in [4.69, 9.17) is 8.85 Å². The molecule has 0 radical (unpaired) electrons. The van der Waals surface area contributed by atoms with Gasteiger partial charge in [0.25, 0.3) is 5.92 Å². The van der Waals surface area contributed by atoms with Gasteiger partial charge in [-0.3, -0.25) is 4.90 Å². The van der Waals surface area contributed by atoms with Crippen molar-refractivity contribution in [1.82, 2.24) is 19.8 Å². The smallest absolute Gasteiger partial charge is 0.326 e. The molecule has 5 aliphatic rings. The Morgan fingerprint density at radius 1 is 1.00 bits per heavy atom. The van der Waals surface area contributed by atoms with E-state index in [0.717, 1.165) is 38.6 Å². The van der Waals surface area contributed by atoms with Gasteiger partial charge in [-0.05, 0) is 76.6 Å². The number of urea groups is 1. The molecule has 5 aliphatic heterocycles. The number of alkyl halides is 2. The van der Waals surface area contributed by atoms with Crippen molar-refractivity contribution >= 4 is 17.7 Å². The van der Waals surface area contributed by atoms with Gasteiger partial charge in [0.2, 0.25) is 0 Å². The van der Waals surface area contributed by atoms with Crippen LogP contribution < -0.4 is 10.2 Å². The van der Waals surface area contributed by atoms with Crippen molar-refractivity contribution < 1.29 is 22.4 Å². The third kappa shape index (κ3) is 6.11. The van der Waals surface area contributed by atoms with Crippen molar-refractivity contribution in [2.75, 3.05) is 49.6 Å². The number of hydrogen-bond acceptors (Lipinski definition) is 6. The Balaban J connectivity index is 1.38. The van der Waals surface area contributed by atoms with Gasteiger partial charge in [0.1, 0.15) is 18.0 Å². The number of nitrogens with zero attached hydrogens (tertiary/aromatic N) is 5. The first-order chi connectivity index (χ1) is 21.6. The molecule has 2 fully saturated rings. The molecule has 0 aliphatic carbocycles. The molecule has 10 heteroatoms. The fraction of sp³-hybridized carbons (Fsp3) is 0.656. The van der Waals surface area contributed by atoms with Crippen molar-refractivity contribution in [2.24, 2.45) is 5.92 Å². The summed E-state index contributed by atoms with van der Waals surface area (Å²) in [6.45, 7) is 1.46. The Kier molecular flexibility index (Phi) is 7.81. The van der Waals surface area contributed by atoms with Crippen LogP contribution in [-0.4, -0.2) is 71.2 Å². The van der Waals surface area contributed by atoms with Crippen LogP contribution >= 0.6 is 0 Å². The maximum absolute atomic E-state index is 16.0. The van der Waals surface area contributed by atoms with Gasteiger partial charge in [-0.25, -0.2) is 23.5 Å². The number of anilines is 2. The normalized spacial score (nSPS) is 29.0. The van der Waals surface area contributed by atoms with E-state index >= 15 is 8.78 Å². The second-order valence-corrected chi connectivity index (χ2v) is 12.1. The van der Waals surface area contributed by atoms with Crippen molar-refractivity contribution in [3.05, 3.63) is 47.3 Å². The number of fused-ring (bicyclic) bond motifs is 9. The molecule has 0 unspecified atom stereocenters. The van der Waals surface area contributed by atoms with E-state index in [0.29, 0.717) is 75.7 Å². The van der Waals surface area contributed by atoms with Crippen LogP contribution in [-0.2, 0) is 17.2 Å². The fourth-order valence-electron chi connectivity index (χ4n) is 6.91. The highest BCUT2D eigenvalue weighted by atomic mass is 19.3. The Labute approximate surface area is 252 Å². The summed E-state index contributed by atoms with van der Waals surface area (Å²) in [5.41, 5.74) is 0.719. The van der Waals surface area contributed by atoms with Gasteiger partial charge in [-0.1, -0.05) is 37.5 Å². The Hall–Kier alpha value is -2.85. The molecule has 1 aromatic heterocycles. The summed E-state index contributed by atoms with van der Waals surface area (Å²) < 4.78 is 62.7. The van der Waals surface area contributed by atoms with Gasteiger partial charge >= 0.3 is 6.03 Å². The van der Waals surface area contributed by atoms with Gasteiger partial charge in [0.05, 0.1) is 12.1 Å². The molecule has 1 atom stereocenters. The van der Waals surface area contributed by atoms with Crippen molar-refractivity contribution in [3.63, 3.8) is 0 Å². The summed E-state index contributed by atoms with van der Waals surface area (Å²) in [4.78, 5) is 28.7. The van der Waals surface area contributed by atoms with Crippen molar-refractivity contribution in [1.29, 1.82) is 0 Å². The van der Waals surface area contributed by atoms with Crippen molar-refractivity contribution in [2.45, 2.75) is 89.2 Å². The molecule has 2 saturated heterocycles. The molecule has 7 rings (SSSR count). The van der Waals surface area contributed by atoms with Crippen LogP contribution in [0.4, 0.5) is 25.2 Å². The first-order valence-corrected chi connectivity index (χ1v) is 15.6. The molecule has 2 aromatic rings. The van der Waals surface area contributed by atoms with Gasteiger partial charge in [-0.15, -0.1) is 0 Å². The number of aromatic nitrogens is 2. The Morgan fingerprint density at radius 3 is 2.55 bits per heavy atom. The third-order valence-corrected chi connectivity index (χ3v) is 9.46. The van der Waals surface area contributed by atoms with E-state index in [1.54, 1.807) is 11.0 Å². The third-order valence-electron chi connectivity index (χ3n) is 9.46. The Morgan fingerprint density at radius 2 is 1.76 bits per heavy atom. The summed E-state index contributed by atoms with van der Waals surface area (Å²) in [7, 11) is 0.